The van der Waals surface area contributed by atoms with E-state index in [4.69, 9.17) is 9.47 Å². The summed E-state index contributed by atoms with van der Waals surface area (Å²) in [6.07, 6.45) is 4.44. The van der Waals surface area contributed by atoms with Gasteiger partial charge in [0.2, 0.25) is 0 Å². The summed E-state index contributed by atoms with van der Waals surface area (Å²) in [6.45, 7) is 4.21. The van der Waals surface area contributed by atoms with Crippen molar-refractivity contribution in [1.82, 2.24) is 0 Å². The fourth-order valence-electron chi connectivity index (χ4n) is 4.73. The molecule has 2 heterocycles. The predicted octanol–water partition coefficient (Wildman–Crippen LogP) is 7.57. The second kappa shape index (κ2) is 7.53. The molecule has 1 spiro atoms. The van der Waals surface area contributed by atoms with Crippen LogP contribution in [0.25, 0.3) is 23.3 Å². The van der Waals surface area contributed by atoms with E-state index in [-0.39, 0.29) is 0 Å². The fraction of sp³-hybridized carbons (Fsp3) is 0.0968. The van der Waals surface area contributed by atoms with E-state index in [2.05, 4.69) is 98.8 Å². The highest BCUT2D eigenvalue weighted by Crippen LogP contribution is 2.52. The number of rotatable bonds is 2. The van der Waals surface area contributed by atoms with Crippen molar-refractivity contribution < 1.29 is 9.47 Å². The van der Waals surface area contributed by atoms with Crippen molar-refractivity contribution in [3.63, 3.8) is 0 Å². The zero-order chi connectivity index (χ0) is 22.4. The van der Waals surface area contributed by atoms with Gasteiger partial charge in [-0.2, -0.15) is 0 Å². The molecular formula is C31H24O2. The number of benzene rings is 4. The SMILES string of the molecule is Cc1ccc2c(c1)C=C(c1ccccc1)C1(O2)Oc2ccc(C)cc2C=C1c1ccccc1. The Morgan fingerprint density at radius 1 is 0.515 bits per heavy atom. The number of ether oxygens (including phenoxy) is 2. The molecule has 0 aliphatic carbocycles. The molecular weight excluding hydrogens is 404 g/mol. The minimum Gasteiger partial charge on any atom is -0.444 e. The van der Waals surface area contributed by atoms with Crippen LogP contribution >= 0.6 is 0 Å². The van der Waals surface area contributed by atoms with E-state index in [9.17, 15) is 0 Å². The summed E-state index contributed by atoms with van der Waals surface area (Å²) >= 11 is 0. The minimum absolute atomic E-state index is 0.817. The predicted molar refractivity (Wildman–Crippen MR) is 135 cm³/mol. The molecule has 33 heavy (non-hydrogen) atoms. The lowest BCUT2D eigenvalue weighted by molar-refractivity contribution is -0.0117. The lowest BCUT2D eigenvalue weighted by Gasteiger charge is -2.43. The summed E-state index contributed by atoms with van der Waals surface area (Å²) in [5, 5.41) is 0. The van der Waals surface area contributed by atoms with Gasteiger partial charge >= 0.3 is 5.79 Å². The zero-order valence-corrected chi connectivity index (χ0v) is 18.7. The molecule has 4 aromatic rings. The Morgan fingerprint density at radius 3 is 1.36 bits per heavy atom. The molecule has 0 atom stereocenters. The standard InChI is InChI=1S/C31H24O2/c1-21-13-15-29-25(17-21)19-27(23-9-5-3-6-10-23)31(32-29)28(24-11-7-4-8-12-24)20-26-18-22(2)14-16-30(26)33-31/h3-20H,1-2H3. The van der Waals surface area contributed by atoms with Crippen LogP contribution in [0.15, 0.2) is 97.1 Å². The summed E-state index contributed by atoms with van der Waals surface area (Å²) in [5.41, 5.74) is 8.63. The maximum absolute atomic E-state index is 6.88. The lowest BCUT2D eigenvalue weighted by Crippen LogP contribution is -2.47. The first kappa shape index (κ1) is 19.6. The van der Waals surface area contributed by atoms with Gasteiger partial charge < -0.3 is 9.47 Å². The van der Waals surface area contributed by atoms with Gasteiger partial charge in [0.05, 0.1) is 0 Å². The number of hydrogen-bond acceptors (Lipinski definition) is 2. The van der Waals surface area contributed by atoms with Gasteiger partial charge in [-0.25, -0.2) is 0 Å². The quantitative estimate of drug-likeness (QED) is 0.328. The van der Waals surface area contributed by atoms with Crippen LogP contribution in [0.5, 0.6) is 11.5 Å². The third-order valence-corrected chi connectivity index (χ3v) is 6.32. The van der Waals surface area contributed by atoms with E-state index in [0.29, 0.717) is 0 Å². The van der Waals surface area contributed by atoms with Gasteiger partial charge in [0, 0.05) is 22.3 Å². The van der Waals surface area contributed by atoms with E-state index in [1.165, 1.54) is 11.1 Å². The first-order chi connectivity index (χ1) is 16.1. The van der Waals surface area contributed by atoms with Crippen LogP contribution in [0.3, 0.4) is 0 Å². The van der Waals surface area contributed by atoms with Crippen LogP contribution in [-0.4, -0.2) is 5.79 Å². The summed E-state index contributed by atoms with van der Waals surface area (Å²) in [7, 11) is 0. The zero-order valence-electron chi connectivity index (χ0n) is 18.7. The van der Waals surface area contributed by atoms with Crippen LogP contribution in [-0.2, 0) is 0 Å². The van der Waals surface area contributed by atoms with Gasteiger partial charge in [0.15, 0.2) is 0 Å². The molecule has 6 rings (SSSR count). The smallest absolute Gasteiger partial charge is 0.306 e. The highest BCUT2D eigenvalue weighted by atomic mass is 16.7. The van der Waals surface area contributed by atoms with Crippen molar-refractivity contribution in [3.05, 3.63) is 130 Å². The summed E-state index contributed by atoms with van der Waals surface area (Å²) in [6, 6.07) is 33.4. The molecule has 2 aliphatic rings. The summed E-state index contributed by atoms with van der Waals surface area (Å²) in [5.74, 6) is 0.531. The average molecular weight is 429 g/mol. The fourth-order valence-corrected chi connectivity index (χ4v) is 4.73. The summed E-state index contributed by atoms with van der Waals surface area (Å²) in [4.78, 5) is 0. The number of aryl methyl sites for hydroxylation is 2. The Kier molecular flexibility index (Phi) is 4.48. The topological polar surface area (TPSA) is 18.5 Å². The molecule has 2 nitrogen and oxygen atoms in total. The number of fused-ring (bicyclic) bond motifs is 2. The van der Waals surface area contributed by atoms with Gasteiger partial charge in [0.25, 0.3) is 0 Å². The molecule has 0 saturated carbocycles. The Hall–Kier alpha value is -4.04. The molecule has 0 bridgehead atoms. The third-order valence-electron chi connectivity index (χ3n) is 6.32. The Balaban J connectivity index is 1.66. The maximum Gasteiger partial charge on any atom is 0.306 e. The van der Waals surface area contributed by atoms with Crippen LogP contribution in [0, 0.1) is 13.8 Å². The molecule has 0 N–H and O–H groups in total. The third kappa shape index (κ3) is 3.27. The molecule has 0 saturated heterocycles. The second-order valence-electron chi connectivity index (χ2n) is 8.75. The van der Waals surface area contributed by atoms with Gasteiger partial charge in [-0.05, 0) is 61.4 Å². The van der Waals surface area contributed by atoms with Crippen LogP contribution in [0.4, 0.5) is 0 Å². The Bertz CT molecular complexity index is 1300. The molecule has 160 valence electrons. The first-order valence-corrected chi connectivity index (χ1v) is 11.3. The van der Waals surface area contributed by atoms with Crippen molar-refractivity contribution in [3.8, 4) is 11.5 Å². The van der Waals surface area contributed by atoms with Gasteiger partial charge in [0.1, 0.15) is 11.5 Å². The van der Waals surface area contributed by atoms with Crippen molar-refractivity contribution in [2.75, 3.05) is 0 Å². The molecule has 0 fully saturated rings. The van der Waals surface area contributed by atoms with Crippen molar-refractivity contribution in [2.24, 2.45) is 0 Å². The molecule has 4 aromatic carbocycles. The maximum atomic E-state index is 6.88. The monoisotopic (exact) mass is 428 g/mol. The normalized spacial score (nSPS) is 15.5. The van der Waals surface area contributed by atoms with Gasteiger partial charge in [-0.1, -0.05) is 83.9 Å². The average Bonchev–Trinajstić information content (AvgIpc) is 2.85. The Morgan fingerprint density at radius 2 is 0.939 bits per heavy atom. The molecule has 0 amide bonds. The molecule has 2 aliphatic heterocycles. The minimum atomic E-state index is -1.10. The van der Waals surface area contributed by atoms with Gasteiger partial charge in [-0.15, -0.1) is 0 Å². The van der Waals surface area contributed by atoms with Crippen molar-refractivity contribution in [1.29, 1.82) is 0 Å². The van der Waals surface area contributed by atoms with E-state index >= 15 is 0 Å². The van der Waals surface area contributed by atoms with Crippen molar-refractivity contribution in [2.45, 2.75) is 19.6 Å². The highest BCUT2D eigenvalue weighted by molar-refractivity contribution is 6.03. The van der Waals surface area contributed by atoms with E-state index in [1.54, 1.807) is 0 Å². The molecule has 2 heteroatoms. The summed E-state index contributed by atoms with van der Waals surface area (Å²) < 4.78 is 13.8. The largest absolute Gasteiger partial charge is 0.444 e. The van der Waals surface area contributed by atoms with Crippen LogP contribution in [0.1, 0.15) is 33.4 Å². The number of hydrogen-bond donors (Lipinski definition) is 0. The van der Waals surface area contributed by atoms with E-state index in [0.717, 1.165) is 44.9 Å². The lowest BCUT2D eigenvalue weighted by atomic mass is 9.82. The Labute approximate surface area is 194 Å². The molecule has 0 unspecified atom stereocenters. The first-order valence-electron chi connectivity index (χ1n) is 11.3. The van der Waals surface area contributed by atoms with Crippen LogP contribution < -0.4 is 9.47 Å². The van der Waals surface area contributed by atoms with E-state index < -0.39 is 5.79 Å². The molecule has 0 aromatic heterocycles. The van der Waals surface area contributed by atoms with E-state index in [1.807, 2.05) is 24.3 Å². The second-order valence-corrected chi connectivity index (χ2v) is 8.75. The molecule has 0 radical (unpaired) electrons. The highest BCUT2D eigenvalue weighted by Gasteiger charge is 2.49. The van der Waals surface area contributed by atoms with Gasteiger partial charge in [-0.3, -0.25) is 0 Å². The van der Waals surface area contributed by atoms with Crippen molar-refractivity contribution >= 4 is 23.3 Å². The van der Waals surface area contributed by atoms with Crippen LogP contribution in [0.2, 0.25) is 0 Å².